The molecule has 0 bridgehead atoms. The van der Waals surface area contributed by atoms with Crippen molar-refractivity contribution in [3.63, 3.8) is 0 Å². The fraction of sp³-hybridized carbons (Fsp3) is 0. The number of para-hydroxylation sites is 1. The van der Waals surface area contributed by atoms with Gasteiger partial charge in [0.05, 0.1) is 16.8 Å². The van der Waals surface area contributed by atoms with Crippen LogP contribution in [0.3, 0.4) is 0 Å². The van der Waals surface area contributed by atoms with Crippen molar-refractivity contribution in [1.82, 2.24) is 9.55 Å². The van der Waals surface area contributed by atoms with Crippen LogP contribution in [0.4, 0.5) is 22.1 Å². The maximum Gasteiger partial charge on any atom is 0.418 e. The lowest BCUT2D eigenvalue weighted by Crippen LogP contribution is -2.14. The number of carboxylic acid groups (broad SMARTS) is 1. The van der Waals surface area contributed by atoms with Crippen molar-refractivity contribution in [3.05, 3.63) is 70.4 Å². The number of amides is 1. The fourth-order valence-electron chi connectivity index (χ4n) is 2.55. The maximum atomic E-state index is 12.4. The minimum atomic E-state index is -1.30. The molecule has 1 amide bonds. The Hall–Kier alpha value is -4.21. The number of benzene rings is 2. The molecule has 136 valence electrons. The monoisotopic (exact) mass is 367 g/mol. The van der Waals surface area contributed by atoms with Crippen molar-refractivity contribution in [2.45, 2.75) is 0 Å². The molecule has 0 aliphatic heterocycles. The van der Waals surface area contributed by atoms with Crippen LogP contribution in [0.15, 0.2) is 54.7 Å². The summed E-state index contributed by atoms with van der Waals surface area (Å²) in [6.45, 7) is 0. The molecule has 3 aromatic rings. The number of nitro benzene ring substituents is 1. The number of aromatic nitrogens is 2. The van der Waals surface area contributed by atoms with Gasteiger partial charge in [0, 0.05) is 17.3 Å². The Kier molecular flexibility index (Phi) is 4.54. The van der Waals surface area contributed by atoms with Gasteiger partial charge in [0.15, 0.2) is 0 Å². The SMILES string of the molecule is Nc1ncc(-c2cccc(NC(=O)c3ccccc3[N+](=O)[O-])c2)n1C(=O)O. The van der Waals surface area contributed by atoms with Gasteiger partial charge in [0.2, 0.25) is 5.95 Å². The Morgan fingerprint density at radius 1 is 1.19 bits per heavy atom. The van der Waals surface area contributed by atoms with Crippen molar-refractivity contribution < 1.29 is 19.6 Å². The number of nitrogen functional groups attached to an aromatic ring is 1. The van der Waals surface area contributed by atoms with Crippen molar-refractivity contribution >= 4 is 29.3 Å². The van der Waals surface area contributed by atoms with Crippen LogP contribution in [-0.2, 0) is 0 Å². The zero-order chi connectivity index (χ0) is 19.6. The van der Waals surface area contributed by atoms with Crippen molar-refractivity contribution in [2.24, 2.45) is 0 Å². The van der Waals surface area contributed by atoms with Crippen LogP contribution >= 0.6 is 0 Å². The summed E-state index contributed by atoms with van der Waals surface area (Å²) in [5.74, 6) is -0.849. The van der Waals surface area contributed by atoms with E-state index in [0.29, 0.717) is 11.3 Å². The number of hydrogen-bond donors (Lipinski definition) is 3. The van der Waals surface area contributed by atoms with Gasteiger partial charge >= 0.3 is 6.09 Å². The Morgan fingerprint density at radius 2 is 1.93 bits per heavy atom. The Morgan fingerprint density at radius 3 is 2.63 bits per heavy atom. The quantitative estimate of drug-likeness (QED) is 0.473. The molecule has 0 saturated carbocycles. The van der Waals surface area contributed by atoms with Crippen LogP contribution < -0.4 is 11.1 Å². The predicted molar refractivity (Wildman–Crippen MR) is 96.5 cm³/mol. The number of nitrogens with zero attached hydrogens (tertiary/aromatic N) is 3. The Labute approximate surface area is 152 Å². The molecule has 3 rings (SSSR count). The fourth-order valence-corrected chi connectivity index (χ4v) is 2.55. The third kappa shape index (κ3) is 3.44. The highest BCUT2D eigenvalue weighted by Crippen LogP contribution is 2.26. The van der Waals surface area contributed by atoms with Crippen LogP contribution in [0, 0.1) is 10.1 Å². The summed E-state index contributed by atoms with van der Waals surface area (Å²) in [5, 5.41) is 22.9. The molecule has 0 unspecified atom stereocenters. The minimum Gasteiger partial charge on any atom is -0.464 e. The first-order valence-corrected chi connectivity index (χ1v) is 7.60. The number of anilines is 2. The molecule has 0 spiro atoms. The summed E-state index contributed by atoms with van der Waals surface area (Å²) >= 11 is 0. The zero-order valence-corrected chi connectivity index (χ0v) is 13.7. The lowest BCUT2D eigenvalue weighted by molar-refractivity contribution is -0.385. The molecule has 2 aromatic carbocycles. The van der Waals surface area contributed by atoms with Crippen molar-refractivity contribution in [3.8, 4) is 11.3 Å². The number of carbonyl (C=O) groups excluding carboxylic acids is 1. The third-order valence-electron chi connectivity index (χ3n) is 3.74. The minimum absolute atomic E-state index is 0.0901. The predicted octanol–water partition coefficient (Wildman–Crippen LogP) is 2.82. The summed E-state index contributed by atoms with van der Waals surface area (Å²) in [4.78, 5) is 38.0. The van der Waals surface area contributed by atoms with E-state index in [1.807, 2.05) is 0 Å². The number of nitrogens with two attached hydrogens (primary N) is 1. The van der Waals surface area contributed by atoms with E-state index in [0.717, 1.165) is 4.57 Å². The number of nitro groups is 1. The van der Waals surface area contributed by atoms with Crippen LogP contribution in [-0.4, -0.2) is 31.6 Å². The van der Waals surface area contributed by atoms with Crippen LogP contribution in [0.1, 0.15) is 10.4 Å². The first-order valence-electron chi connectivity index (χ1n) is 7.60. The van der Waals surface area contributed by atoms with Gasteiger partial charge in [-0.05, 0) is 18.2 Å². The van der Waals surface area contributed by atoms with Crippen LogP contribution in [0.2, 0.25) is 0 Å². The normalized spacial score (nSPS) is 10.4. The van der Waals surface area contributed by atoms with E-state index >= 15 is 0 Å². The van der Waals surface area contributed by atoms with E-state index in [2.05, 4.69) is 10.3 Å². The van der Waals surface area contributed by atoms with E-state index in [-0.39, 0.29) is 22.9 Å². The molecule has 0 atom stereocenters. The van der Waals surface area contributed by atoms with E-state index in [4.69, 9.17) is 5.73 Å². The second kappa shape index (κ2) is 6.96. The Bertz CT molecular complexity index is 1060. The largest absolute Gasteiger partial charge is 0.464 e. The highest BCUT2D eigenvalue weighted by molar-refractivity contribution is 6.07. The molecule has 0 saturated heterocycles. The average molecular weight is 367 g/mol. The topological polar surface area (TPSA) is 153 Å². The van der Waals surface area contributed by atoms with Gasteiger partial charge in [-0.15, -0.1) is 0 Å². The van der Waals surface area contributed by atoms with Crippen molar-refractivity contribution in [1.29, 1.82) is 0 Å². The average Bonchev–Trinajstić information content (AvgIpc) is 3.03. The highest BCUT2D eigenvalue weighted by Gasteiger charge is 2.20. The summed E-state index contributed by atoms with van der Waals surface area (Å²) < 4.78 is 0.809. The lowest BCUT2D eigenvalue weighted by atomic mass is 10.1. The number of carbonyl (C=O) groups is 2. The molecule has 10 heteroatoms. The number of nitrogens with one attached hydrogen (secondary N) is 1. The maximum absolute atomic E-state index is 12.4. The summed E-state index contributed by atoms with van der Waals surface area (Å²) in [6.07, 6.45) is 0.00114. The highest BCUT2D eigenvalue weighted by atomic mass is 16.6. The molecule has 0 fully saturated rings. The van der Waals surface area contributed by atoms with E-state index in [1.165, 1.54) is 36.5 Å². The summed E-state index contributed by atoms with van der Waals surface area (Å²) in [7, 11) is 0. The van der Waals surface area contributed by atoms with E-state index in [1.54, 1.807) is 18.2 Å². The molecule has 4 N–H and O–H groups in total. The lowest BCUT2D eigenvalue weighted by Gasteiger charge is -2.09. The summed E-state index contributed by atoms with van der Waals surface area (Å²) in [6, 6.07) is 11.9. The van der Waals surface area contributed by atoms with Gasteiger partial charge in [-0.3, -0.25) is 14.9 Å². The standard InChI is InChI=1S/C17H13N5O5/c18-16-19-9-14(21(16)17(24)25)10-4-3-5-11(8-10)20-15(23)12-6-1-2-7-13(12)22(26)27/h1-9H,(H2,18,19)(H,20,23)(H,24,25). The smallest absolute Gasteiger partial charge is 0.418 e. The van der Waals surface area contributed by atoms with Gasteiger partial charge < -0.3 is 16.2 Å². The molecule has 1 aromatic heterocycles. The second-order valence-electron chi connectivity index (χ2n) is 5.43. The summed E-state index contributed by atoms with van der Waals surface area (Å²) in [5.41, 5.74) is 6.15. The van der Waals surface area contributed by atoms with E-state index in [9.17, 15) is 24.8 Å². The molecule has 0 aliphatic carbocycles. The van der Waals surface area contributed by atoms with E-state index < -0.39 is 16.9 Å². The van der Waals surface area contributed by atoms with Gasteiger partial charge in [0.25, 0.3) is 11.6 Å². The second-order valence-corrected chi connectivity index (χ2v) is 5.43. The number of imidazole rings is 1. The van der Waals surface area contributed by atoms with Crippen LogP contribution in [0.25, 0.3) is 11.3 Å². The number of rotatable bonds is 4. The van der Waals surface area contributed by atoms with Gasteiger partial charge in [0.1, 0.15) is 5.56 Å². The molecule has 1 heterocycles. The first-order chi connectivity index (χ1) is 12.9. The van der Waals surface area contributed by atoms with Crippen LogP contribution in [0.5, 0.6) is 0 Å². The number of hydrogen-bond acceptors (Lipinski definition) is 6. The van der Waals surface area contributed by atoms with Gasteiger partial charge in [-0.1, -0.05) is 24.3 Å². The molecule has 27 heavy (non-hydrogen) atoms. The van der Waals surface area contributed by atoms with Gasteiger partial charge in [-0.25, -0.2) is 14.3 Å². The third-order valence-corrected chi connectivity index (χ3v) is 3.74. The molecule has 0 radical (unpaired) electrons. The molecular weight excluding hydrogens is 354 g/mol. The molecule has 0 aliphatic rings. The molecular formula is C17H13N5O5. The first kappa shape index (κ1) is 17.6. The van der Waals surface area contributed by atoms with Crippen molar-refractivity contribution in [2.75, 3.05) is 11.1 Å². The zero-order valence-electron chi connectivity index (χ0n) is 13.7. The van der Waals surface area contributed by atoms with Gasteiger partial charge in [-0.2, -0.15) is 0 Å². The Balaban J connectivity index is 1.93. The molecule has 10 nitrogen and oxygen atoms in total.